The molecular weight excluding hydrogens is 367 g/mol. The zero-order valence-corrected chi connectivity index (χ0v) is 15.3. The van der Waals surface area contributed by atoms with Crippen LogP contribution in [0.1, 0.15) is 41.3 Å². The fourth-order valence-electron chi connectivity index (χ4n) is 3.68. The van der Waals surface area contributed by atoms with E-state index < -0.39 is 6.23 Å². The Morgan fingerprint density at radius 1 is 1.15 bits per heavy atom. The van der Waals surface area contributed by atoms with E-state index in [1.807, 2.05) is 42.3 Å². The highest BCUT2D eigenvalue weighted by atomic mass is 35.5. The van der Waals surface area contributed by atoms with E-state index in [9.17, 15) is 4.39 Å². The average molecular weight is 383 g/mol. The number of hydrogen-bond acceptors (Lipinski definition) is 4. The first-order chi connectivity index (χ1) is 13.1. The minimum absolute atomic E-state index is 0.0545. The Morgan fingerprint density at radius 3 is 2.81 bits per heavy atom. The van der Waals surface area contributed by atoms with Crippen LogP contribution in [0, 0.1) is 12.7 Å². The van der Waals surface area contributed by atoms with Crippen molar-refractivity contribution in [1.82, 2.24) is 5.01 Å². The van der Waals surface area contributed by atoms with Crippen molar-refractivity contribution in [2.45, 2.75) is 25.6 Å². The fraction of sp³-hybridized carbons (Fsp3) is 0.190. The predicted octanol–water partition coefficient (Wildman–Crippen LogP) is 5.62. The molecule has 3 heterocycles. The molecule has 0 unspecified atom stereocenters. The minimum atomic E-state index is -0.520. The van der Waals surface area contributed by atoms with Gasteiger partial charge in [0, 0.05) is 22.6 Å². The van der Waals surface area contributed by atoms with E-state index in [-0.39, 0.29) is 11.9 Å². The van der Waals surface area contributed by atoms with Gasteiger partial charge in [0.2, 0.25) is 6.23 Å². The second kappa shape index (κ2) is 6.13. The van der Waals surface area contributed by atoms with Gasteiger partial charge in [-0.05, 0) is 49.4 Å². The first-order valence-corrected chi connectivity index (χ1v) is 9.10. The minimum Gasteiger partial charge on any atom is -0.464 e. The highest BCUT2D eigenvalue weighted by Crippen LogP contribution is 2.48. The average Bonchev–Trinajstić information content (AvgIpc) is 3.27. The SMILES string of the molecule is Cc1ccc(C2=NN3[C@@H](C2)c2cc(Cl)ccc2O[C@H]3c2cccc(F)c2)o1. The molecular formula is C21H16ClFN2O2. The Bertz CT molecular complexity index is 1060. The second-order valence-electron chi connectivity index (χ2n) is 6.76. The Morgan fingerprint density at radius 2 is 2.04 bits per heavy atom. The van der Waals surface area contributed by atoms with Gasteiger partial charge in [-0.25, -0.2) is 9.40 Å². The van der Waals surface area contributed by atoms with E-state index in [0.29, 0.717) is 17.0 Å². The maximum Gasteiger partial charge on any atom is 0.213 e. The van der Waals surface area contributed by atoms with E-state index in [1.54, 1.807) is 12.1 Å². The second-order valence-corrected chi connectivity index (χ2v) is 7.20. The van der Waals surface area contributed by atoms with Gasteiger partial charge in [-0.15, -0.1) is 0 Å². The molecule has 0 bridgehead atoms. The number of fused-ring (bicyclic) bond motifs is 3. The molecule has 3 aromatic rings. The Balaban J connectivity index is 1.62. The van der Waals surface area contributed by atoms with Crippen LogP contribution < -0.4 is 4.74 Å². The van der Waals surface area contributed by atoms with E-state index >= 15 is 0 Å². The summed E-state index contributed by atoms with van der Waals surface area (Å²) >= 11 is 6.22. The molecule has 0 fully saturated rings. The molecule has 0 saturated heterocycles. The normalized spacial score (nSPS) is 20.7. The van der Waals surface area contributed by atoms with Crippen molar-refractivity contribution in [2.75, 3.05) is 0 Å². The zero-order chi connectivity index (χ0) is 18.5. The van der Waals surface area contributed by atoms with Crippen molar-refractivity contribution in [3.8, 4) is 5.75 Å². The lowest BCUT2D eigenvalue weighted by atomic mass is 9.97. The molecule has 0 saturated carbocycles. The summed E-state index contributed by atoms with van der Waals surface area (Å²) in [5.74, 6) is 2.00. The third-order valence-electron chi connectivity index (χ3n) is 4.91. The van der Waals surface area contributed by atoms with Crippen molar-refractivity contribution in [1.29, 1.82) is 0 Å². The van der Waals surface area contributed by atoms with Crippen LogP contribution in [0.5, 0.6) is 5.75 Å². The molecule has 0 radical (unpaired) electrons. The molecule has 0 aliphatic carbocycles. The van der Waals surface area contributed by atoms with Gasteiger partial charge in [-0.1, -0.05) is 23.7 Å². The molecule has 136 valence electrons. The molecule has 4 nitrogen and oxygen atoms in total. The van der Waals surface area contributed by atoms with Crippen molar-refractivity contribution >= 4 is 17.3 Å². The summed E-state index contributed by atoms with van der Waals surface area (Å²) in [6.07, 6.45) is 0.142. The van der Waals surface area contributed by atoms with Gasteiger partial charge in [0.25, 0.3) is 0 Å². The van der Waals surface area contributed by atoms with Crippen LogP contribution in [0.2, 0.25) is 5.02 Å². The quantitative estimate of drug-likeness (QED) is 0.577. The summed E-state index contributed by atoms with van der Waals surface area (Å²) in [6.45, 7) is 1.90. The number of ether oxygens (including phenoxy) is 1. The Kier molecular flexibility index (Phi) is 3.72. The molecule has 6 heteroatoms. The predicted molar refractivity (Wildman–Crippen MR) is 100 cm³/mol. The molecule has 0 N–H and O–H groups in total. The van der Waals surface area contributed by atoms with Gasteiger partial charge in [-0.3, -0.25) is 0 Å². The first-order valence-electron chi connectivity index (χ1n) is 8.73. The topological polar surface area (TPSA) is 38.0 Å². The van der Waals surface area contributed by atoms with E-state index in [2.05, 4.69) is 0 Å². The monoisotopic (exact) mass is 382 g/mol. The van der Waals surface area contributed by atoms with Gasteiger partial charge < -0.3 is 9.15 Å². The number of benzene rings is 2. The van der Waals surface area contributed by atoms with E-state index in [0.717, 1.165) is 28.5 Å². The third-order valence-corrected chi connectivity index (χ3v) is 5.15. The van der Waals surface area contributed by atoms with Crippen LogP contribution in [0.4, 0.5) is 4.39 Å². The highest BCUT2D eigenvalue weighted by Gasteiger charge is 2.41. The van der Waals surface area contributed by atoms with Crippen molar-refractivity contribution in [3.63, 3.8) is 0 Å². The smallest absolute Gasteiger partial charge is 0.213 e. The summed E-state index contributed by atoms with van der Waals surface area (Å²) in [4.78, 5) is 0. The summed E-state index contributed by atoms with van der Waals surface area (Å²) in [5.41, 5.74) is 2.52. The van der Waals surface area contributed by atoms with Crippen molar-refractivity contribution in [2.24, 2.45) is 5.10 Å². The largest absolute Gasteiger partial charge is 0.464 e. The molecule has 2 aliphatic heterocycles. The molecule has 2 atom stereocenters. The van der Waals surface area contributed by atoms with Gasteiger partial charge in [0.05, 0.1) is 6.04 Å². The van der Waals surface area contributed by atoms with Gasteiger partial charge in [0.1, 0.15) is 28.8 Å². The molecule has 5 rings (SSSR count). The van der Waals surface area contributed by atoms with Crippen LogP contribution in [-0.4, -0.2) is 10.7 Å². The van der Waals surface area contributed by atoms with Crippen LogP contribution in [0.25, 0.3) is 0 Å². The lowest BCUT2D eigenvalue weighted by Gasteiger charge is -2.38. The maximum absolute atomic E-state index is 13.8. The number of hydrogen-bond donors (Lipinski definition) is 0. The lowest BCUT2D eigenvalue weighted by Crippen LogP contribution is -2.33. The third kappa shape index (κ3) is 2.79. The summed E-state index contributed by atoms with van der Waals surface area (Å²) in [6, 6.07) is 15.8. The van der Waals surface area contributed by atoms with E-state index in [1.165, 1.54) is 12.1 Å². The summed E-state index contributed by atoms with van der Waals surface area (Å²) < 4.78 is 25.8. The number of aryl methyl sites for hydroxylation is 1. The van der Waals surface area contributed by atoms with Crippen molar-refractivity contribution < 1.29 is 13.5 Å². The number of hydrazone groups is 1. The summed E-state index contributed by atoms with van der Waals surface area (Å²) in [5, 5.41) is 7.29. The zero-order valence-electron chi connectivity index (χ0n) is 14.5. The number of rotatable bonds is 2. The van der Waals surface area contributed by atoms with Gasteiger partial charge in [0.15, 0.2) is 0 Å². The van der Waals surface area contributed by atoms with Crippen molar-refractivity contribution in [3.05, 3.63) is 88.1 Å². The summed E-state index contributed by atoms with van der Waals surface area (Å²) in [7, 11) is 0. The maximum atomic E-state index is 13.8. The number of nitrogens with zero attached hydrogens (tertiary/aromatic N) is 2. The Hall–Kier alpha value is -2.79. The van der Waals surface area contributed by atoms with Gasteiger partial charge >= 0.3 is 0 Å². The Labute approximate surface area is 160 Å². The highest BCUT2D eigenvalue weighted by molar-refractivity contribution is 6.30. The molecule has 27 heavy (non-hydrogen) atoms. The molecule has 2 aromatic carbocycles. The fourth-order valence-corrected chi connectivity index (χ4v) is 3.86. The number of furan rings is 1. The van der Waals surface area contributed by atoms with Gasteiger partial charge in [-0.2, -0.15) is 5.10 Å². The lowest BCUT2D eigenvalue weighted by molar-refractivity contribution is -0.0192. The molecule has 2 aliphatic rings. The molecule has 0 amide bonds. The molecule has 1 aromatic heterocycles. The first kappa shape index (κ1) is 16.4. The standard InChI is InChI=1S/C21H16ClFN2O2/c1-12-5-7-20(26-12)17-11-18-16-10-14(22)6-8-19(16)27-21(25(18)24-17)13-3-2-4-15(23)9-13/h2-10,18,21H,11H2,1H3/t18-,21-/m0/s1. The van der Waals surface area contributed by atoms with Crippen LogP contribution in [0.15, 0.2) is 64.1 Å². The van der Waals surface area contributed by atoms with Crippen LogP contribution >= 0.6 is 11.6 Å². The molecule has 0 spiro atoms. The van der Waals surface area contributed by atoms with Crippen LogP contribution in [-0.2, 0) is 0 Å². The van der Waals surface area contributed by atoms with E-state index in [4.69, 9.17) is 25.9 Å². The number of halogens is 2. The van der Waals surface area contributed by atoms with Crippen LogP contribution in [0.3, 0.4) is 0 Å².